The van der Waals surface area contributed by atoms with Gasteiger partial charge in [0.1, 0.15) is 5.75 Å². The minimum atomic E-state index is 0.660. The molecule has 0 aliphatic heterocycles. The second kappa shape index (κ2) is 7.97. The van der Waals surface area contributed by atoms with Crippen molar-refractivity contribution in [1.29, 1.82) is 0 Å². The third-order valence-corrected chi connectivity index (χ3v) is 3.43. The van der Waals surface area contributed by atoms with Crippen molar-refractivity contribution in [2.24, 2.45) is 0 Å². The zero-order chi connectivity index (χ0) is 13.5. The van der Waals surface area contributed by atoms with Crippen molar-refractivity contribution in [3.05, 3.63) is 32.2 Å². The fraction of sp³-hybridized carbons (Fsp3) is 0.429. The highest BCUT2D eigenvalue weighted by atomic mass is 79.9. The van der Waals surface area contributed by atoms with E-state index in [0.29, 0.717) is 6.61 Å². The predicted octanol–water partition coefficient (Wildman–Crippen LogP) is 4.62. The van der Waals surface area contributed by atoms with Crippen molar-refractivity contribution < 1.29 is 4.74 Å². The standard InChI is InChI=1S/C14H19Br2NO/c1-4-17-9-10(3)6-11-7-12(15)8-13(16)14(11)18-5-2/h6-8,17H,4-5,9H2,1-3H3. The largest absolute Gasteiger partial charge is 0.492 e. The molecule has 0 fully saturated rings. The third-order valence-electron chi connectivity index (χ3n) is 2.38. The fourth-order valence-electron chi connectivity index (χ4n) is 1.62. The van der Waals surface area contributed by atoms with Crippen LogP contribution in [0.5, 0.6) is 5.75 Å². The molecule has 0 saturated carbocycles. The Bertz CT molecular complexity index is 430. The normalized spacial score (nSPS) is 11.7. The molecule has 100 valence electrons. The molecule has 0 spiro atoms. The van der Waals surface area contributed by atoms with E-state index in [9.17, 15) is 0 Å². The monoisotopic (exact) mass is 375 g/mol. The van der Waals surface area contributed by atoms with Gasteiger partial charge in [0, 0.05) is 16.6 Å². The second-order valence-electron chi connectivity index (χ2n) is 4.01. The third kappa shape index (κ3) is 4.75. The van der Waals surface area contributed by atoms with Crippen LogP contribution in [0.2, 0.25) is 0 Å². The average Bonchev–Trinajstić information content (AvgIpc) is 2.31. The Morgan fingerprint density at radius 3 is 2.67 bits per heavy atom. The molecule has 0 radical (unpaired) electrons. The van der Waals surface area contributed by atoms with E-state index in [1.807, 2.05) is 13.0 Å². The van der Waals surface area contributed by atoms with E-state index in [2.05, 4.69) is 63.2 Å². The molecule has 0 heterocycles. The maximum Gasteiger partial charge on any atom is 0.140 e. The molecule has 0 atom stereocenters. The Morgan fingerprint density at radius 2 is 2.06 bits per heavy atom. The highest BCUT2D eigenvalue weighted by Crippen LogP contribution is 2.34. The molecular formula is C14H19Br2NO. The van der Waals surface area contributed by atoms with E-state index in [1.165, 1.54) is 5.57 Å². The van der Waals surface area contributed by atoms with Crippen LogP contribution in [0.3, 0.4) is 0 Å². The van der Waals surface area contributed by atoms with Gasteiger partial charge in [-0.15, -0.1) is 0 Å². The number of rotatable bonds is 6. The molecule has 0 bridgehead atoms. The van der Waals surface area contributed by atoms with Gasteiger partial charge in [-0.2, -0.15) is 0 Å². The number of ether oxygens (including phenoxy) is 1. The van der Waals surface area contributed by atoms with Crippen LogP contribution < -0.4 is 10.1 Å². The Kier molecular flexibility index (Phi) is 6.97. The summed E-state index contributed by atoms with van der Waals surface area (Å²) in [4.78, 5) is 0. The summed E-state index contributed by atoms with van der Waals surface area (Å²) in [6, 6.07) is 4.08. The van der Waals surface area contributed by atoms with Gasteiger partial charge in [0.2, 0.25) is 0 Å². The highest BCUT2D eigenvalue weighted by Gasteiger charge is 2.08. The van der Waals surface area contributed by atoms with Gasteiger partial charge in [0.25, 0.3) is 0 Å². The molecule has 1 rings (SSSR count). The molecule has 0 aliphatic rings. The first-order valence-corrected chi connectivity index (χ1v) is 7.66. The van der Waals surface area contributed by atoms with Crippen LogP contribution in [-0.2, 0) is 0 Å². The van der Waals surface area contributed by atoms with Gasteiger partial charge < -0.3 is 10.1 Å². The first-order chi connectivity index (χ1) is 8.58. The number of likely N-dealkylation sites (N-methyl/N-ethyl adjacent to an activating group) is 1. The van der Waals surface area contributed by atoms with Crippen LogP contribution in [0.25, 0.3) is 6.08 Å². The molecule has 2 nitrogen and oxygen atoms in total. The molecule has 1 N–H and O–H groups in total. The maximum atomic E-state index is 5.70. The Balaban J connectivity index is 3.05. The van der Waals surface area contributed by atoms with Gasteiger partial charge in [-0.05, 0) is 48.5 Å². The molecular weight excluding hydrogens is 358 g/mol. The molecule has 0 unspecified atom stereocenters. The minimum Gasteiger partial charge on any atom is -0.492 e. The Hall–Kier alpha value is -0.320. The zero-order valence-electron chi connectivity index (χ0n) is 11.0. The summed E-state index contributed by atoms with van der Waals surface area (Å²) in [6.07, 6.45) is 2.16. The van der Waals surface area contributed by atoms with Crippen molar-refractivity contribution in [3.63, 3.8) is 0 Å². The maximum absolute atomic E-state index is 5.70. The quantitative estimate of drug-likeness (QED) is 0.781. The van der Waals surface area contributed by atoms with Crippen LogP contribution in [-0.4, -0.2) is 19.7 Å². The lowest BCUT2D eigenvalue weighted by atomic mass is 10.1. The van der Waals surface area contributed by atoms with E-state index >= 15 is 0 Å². The van der Waals surface area contributed by atoms with E-state index in [1.54, 1.807) is 0 Å². The number of nitrogens with one attached hydrogen (secondary N) is 1. The smallest absolute Gasteiger partial charge is 0.140 e. The summed E-state index contributed by atoms with van der Waals surface area (Å²) in [5, 5.41) is 3.32. The first kappa shape index (κ1) is 15.7. The molecule has 1 aromatic carbocycles. The van der Waals surface area contributed by atoms with Crippen LogP contribution in [0.15, 0.2) is 26.7 Å². The SMILES string of the molecule is CCNCC(C)=Cc1cc(Br)cc(Br)c1OCC. The summed E-state index contributed by atoms with van der Waals surface area (Å²) in [7, 11) is 0. The van der Waals surface area contributed by atoms with Crippen molar-refractivity contribution in [1.82, 2.24) is 5.32 Å². The lowest BCUT2D eigenvalue weighted by Crippen LogP contribution is -2.14. The average molecular weight is 377 g/mol. The van der Waals surface area contributed by atoms with E-state index in [4.69, 9.17) is 4.74 Å². The second-order valence-corrected chi connectivity index (χ2v) is 5.78. The summed E-state index contributed by atoms with van der Waals surface area (Å²) in [6.45, 7) is 8.75. The van der Waals surface area contributed by atoms with Gasteiger partial charge in [-0.1, -0.05) is 34.5 Å². The van der Waals surface area contributed by atoms with Crippen molar-refractivity contribution >= 4 is 37.9 Å². The molecule has 0 aliphatic carbocycles. The Labute approximate surface area is 126 Å². The minimum absolute atomic E-state index is 0.660. The van der Waals surface area contributed by atoms with Crippen molar-refractivity contribution in [2.75, 3.05) is 19.7 Å². The summed E-state index contributed by atoms with van der Waals surface area (Å²) in [5.41, 5.74) is 2.37. The molecule has 0 aromatic heterocycles. The number of halogens is 2. The van der Waals surface area contributed by atoms with E-state index in [0.717, 1.165) is 33.3 Å². The van der Waals surface area contributed by atoms with Crippen LogP contribution in [0.4, 0.5) is 0 Å². The van der Waals surface area contributed by atoms with Crippen LogP contribution in [0.1, 0.15) is 26.3 Å². The Morgan fingerprint density at radius 1 is 1.33 bits per heavy atom. The summed E-state index contributed by atoms with van der Waals surface area (Å²) in [5.74, 6) is 0.900. The van der Waals surface area contributed by atoms with E-state index in [-0.39, 0.29) is 0 Å². The first-order valence-electron chi connectivity index (χ1n) is 6.08. The molecule has 0 saturated heterocycles. The topological polar surface area (TPSA) is 21.3 Å². The van der Waals surface area contributed by atoms with Crippen molar-refractivity contribution in [3.8, 4) is 5.75 Å². The molecule has 18 heavy (non-hydrogen) atoms. The van der Waals surface area contributed by atoms with Gasteiger partial charge >= 0.3 is 0 Å². The summed E-state index contributed by atoms with van der Waals surface area (Å²) < 4.78 is 7.71. The predicted molar refractivity (Wildman–Crippen MR) is 85.2 cm³/mol. The van der Waals surface area contributed by atoms with Gasteiger partial charge in [-0.25, -0.2) is 0 Å². The highest BCUT2D eigenvalue weighted by molar-refractivity contribution is 9.11. The summed E-state index contributed by atoms with van der Waals surface area (Å²) >= 11 is 7.05. The lowest BCUT2D eigenvalue weighted by Gasteiger charge is -2.11. The van der Waals surface area contributed by atoms with E-state index < -0.39 is 0 Å². The number of hydrogen-bond acceptors (Lipinski definition) is 2. The van der Waals surface area contributed by atoms with Crippen molar-refractivity contribution in [2.45, 2.75) is 20.8 Å². The number of benzene rings is 1. The lowest BCUT2D eigenvalue weighted by molar-refractivity contribution is 0.337. The molecule has 1 aromatic rings. The van der Waals surface area contributed by atoms with Gasteiger partial charge in [-0.3, -0.25) is 0 Å². The number of hydrogen-bond donors (Lipinski definition) is 1. The van der Waals surface area contributed by atoms with Crippen LogP contribution >= 0.6 is 31.9 Å². The molecule has 0 amide bonds. The molecule has 4 heteroatoms. The van der Waals surface area contributed by atoms with Crippen LogP contribution in [0, 0.1) is 0 Å². The fourth-order valence-corrected chi connectivity index (χ4v) is 3.00. The van der Waals surface area contributed by atoms with Gasteiger partial charge in [0.15, 0.2) is 0 Å². The zero-order valence-corrected chi connectivity index (χ0v) is 14.2. The van der Waals surface area contributed by atoms with Gasteiger partial charge in [0.05, 0.1) is 11.1 Å².